The third-order valence-corrected chi connectivity index (χ3v) is 3.79. The molecule has 0 aliphatic carbocycles. The van der Waals surface area contributed by atoms with Crippen LogP contribution in [0.4, 0.5) is 10.5 Å². The van der Waals surface area contributed by atoms with Gasteiger partial charge in [0.15, 0.2) is 0 Å². The third-order valence-electron chi connectivity index (χ3n) is 3.79. The molecule has 6 heteroatoms. The number of ether oxygens (including phenoxy) is 2. The minimum Gasteiger partial charge on any atom is -0.494 e. The van der Waals surface area contributed by atoms with Gasteiger partial charge in [-0.3, -0.25) is 4.90 Å². The first kappa shape index (κ1) is 18.4. The molecule has 0 bridgehead atoms. The lowest BCUT2D eigenvalue weighted by atomic mass is 10.2. The smallest absolute Gasteiger partial charge is 0.410 e. The second-order valence-electron chi connectivity index (χ2n) is 7.08. The van der Waals surface area contributed by atoms with Gasteiger partial charge in [-0.2, -0.15) is 0 Å². The molecule has 2 rings (SSSR count). The fourth-order valence-electron chi connectivity index (χ4n) is 2.52. The Labute approximate surface area is 144 Å². The second kappa shape index (κ2) is 8.24. The van der Waals surface area contributed by atoms with Crippen LogP contribution in [-0.2, 0) is 4.74 Å². The van der Waals surface area contributed by atoms with Crippen molar-refractivity contribution in [2.45, 2.75) is 32.8 Å². The molecule has 1 aromatic carbocycles. The molecule has 0 spiro atoms. The summed E-state index contributed by atoms with van der Waals surface area (Å²) in [5.41, 5.74) is 5.95. The summed E-state index contributed by atoms with van der Waals surface area (Å²) in [6, 6.07) is 7.44. The quantitative estimate of drug-likeness (QED) is 0.662. The van der Waals surface area contributed by atoms with Gasteiger partial charge in [0.2, 0.25) is 0 Å². The lowest BCUT2D eigenvalue weighted by molar-refractivity contribution is 0.0142. The van der Waals surface area contributed by atoms with Crippen LogP contribution in [0, 0.1) is 0 Å². The summed E-state index contributed by atoms with van der Waals surface area (Å²) < 4.78 is 11.1. The lowest BCUT2D eigenvalue weighted by Gasteiger charge is -2.35. The summed E-state index contributed by atoms with van der Waals surface area (Å²) in [5, 5.41) is 0. The van der Waals surface area contributed by atoms with E-state index in [0.29, 0.717) is 19.7 Å². The molecule has 1 fully saturated rings. The molecule has 1 heterocycles. The molecule has 1 aromatic rings. The highest BCUT2D eigenvalue weighted by Crippen LogP contribution is 2.14. The molecule has 0 aromatic heterocycles. The monoisotopic (exact) mass is 335 g/mol. The van der Waals surface area contributed by atoms with Crippen LogP contribution in [0.15, 0.2) is 24.3 Å². The van der Waals surface area contributed by atoms with E-state index < -0.39 is 5.60 Å². The molecule has 0 atom stereocenters. The van der Waals surface area contributed by atoms with E-state index >= 15 is 0 Å². The van der Waals surface area contributed by atoms with Crippen molar-refractivity contribution in [3.05, 3.63) is 24.3 Å². The number of amides is 1. The fraction of sp³-hybridized carbons (Fsp3) is 0.611. The molecular formula is C18H29N3O3. The first-order valence-corrected chi connectivity index (χ1v) is 8.52. The summed E-state index contributed by atoms with van der Waals surface area (Å²) in [4.78, 5) is 16.2. The number of carbonyl (C=O) groups excluding carboxylic acids is 1. The van der Waals surface area contributed by atoms with E-state index in [4.69, 9.17) is 15.2 Å². The van der Waals surface area contributed by atoms with E-state index in [-0.39, 0.29) is 6.09 Å². The fourth-order valence-corrected chi connectivity index (χ4v) is 2.52. The highest BCUT2D eigenvalue weighted by atomic mass is 16.6. The van der Waals surface area contributed by atoms with Gasteiger partial charge in [-0.1, -0.05) is 0 Å². The van der Waals surface area contributed by atoms with Crippen LogP contribution >= 0.6 is 0 Å². The van der Waals surface area contributed by atoms with Crippen LogP contribution in [-0.4, -0.2) is 60.8 Å². The van der Waals surface area contributed by atoms with Gasteiger partial charge in [-0.25, -0.2) is 4.79 Å². The lowest BCUT2D eigenvalue weighted by Crippen LogP contribution is -2.50. The van der Waals surface area contributed by atoms with Crippen LogP contribution < -0.4 is 10.5 Å². The van der Waals surface area contributed by atoms with E-state index in [1.807, 2.05) is 45.0 Å². The predicted octanol–water partition coefficient (Wildman–Crippen LogP) is 2.59. The van der Waals surface area contributed by atoms with Gasteiger partial charge < -0.3 is 20.1 Å². The van der Waals surface area contributed by atoms with Crippen molar-refractivity contribution in [2.75, 3.05) is 45.1 Å². The van der Waals surface area contributed by atoms with Crippen LogP contribution in [0.1, 0.15) is 27.2 Å². The molecule has 1 aliphatic rings. The number of piperazine rings is 1. The summed E-state index contributed by atoms with van der Waals surface area (Å²) in [6.07, 6.45) is 0.741. The maximum absolute atomic E-state index is 12.0. The number of anilines is 1. The molecular weight excluding hydrogens is 306 g/mol. The summed E-state index contributed by atoms with van der Waals surface area (Å²) >= 11 is 0. The Bertz CT molecular complexity index is 517. The Hall–Kier alpha value is -1.95. The van der Waals surface area contributed by atoms with Crippen molar-refractivity contribution in [3.63, 3.8) is 0 Å². The van der Waals surface area contributed by atoms with Crippen molar-refractivity contribution in [3.8, 4) is 5.75 Å². The maximum Gasteiger partial charge on any atom is 0.410 e. The number of nitrogens with zero attached hydrogens (tertiary/aromatic N) is 2. The number of hydrogen-bond acceptors (Lipinski definition) is 5. The number of hydrogen-bond donors (Lipinski definition) is 1. The molecule has 1 saturated heterocycles. The van der Waals surface area contributed by atoms with E-state index in [0.717, 1.165) is 37.5 Å². The molecule has 6 nitrogen and oxygen atoms in total. The van der Waals surface area contributed by atoms with Crippen molar-refractivity contribution in [1.82, 2.24) is 9.80 Å². The van der Waals surface area contributed by atoms with Gasteiger partial charge in [0, 0.05) is 38.4 Å². The highest BCUT2D eigenvalue weighted by molar-refractivity contribution is 5.68. The van der Waals surface area contributed by atoms with Crippen LogP contribution in [0.2, 0.25) is 0 Å². The zero-order valence-corrected chi connectivity index (χ0v) is 15.0. The molecule has 1 aliphatic heterocycles. The van der Waals surface area contributed by atoms with Crippen LogP contribution in [0.5, 0.6) is 5.75 Å². The second-order valence-corrected chi connectivity index (χ2v) is 7.08. The average molecular weight is 335 g/mol. The molecule has 1 amide bonds. The molecule has 0 unspecified atom stereocenters. The van der Waals surface area contributed by atoms with Gasteiger partial charge in [0.05, 0.1) is 6.61 Å². The van der Waals surface area contributed by atoms with Crippen LogP contribution in [0.3, 0.4) is 0 Å². The Morgan fingerprint density at radius 3 is 2.33 bits per heavy atom. The van der Waals surface area contributed by atoms with Crippen molar-refractivity contribution in [2.24, 2.45) is 0 Å². The summed E-state index contributed by atoms with van der Waals surface area (Å²) in [6.45, 7) is 10.5. The number of nitrogens with two attached hydrogens (primary N) is 1. The van der Waals surface area contributed by atoms with Crippen LogP contribution in [0.25, 0.3) is 0 Å². The van der Waals surface area contributed by atoms with Gasteiger partial charge in [-0.15, -0.1) is 0 Å². The zero-order valence-electron chi connectivity index (χ0n) is 15.0. The van der Waals surface area contributed by atoms with E-state index in [1.54, 1.807) is 4.90 Å². The Balaban J connectivity index is 1.61. The average Bonchev–Trinajstić information content (AvgIpc) is 2.52. The Morgan fingerprint density at radius 1 is 1.12 bits per heavy atom. The summed E-state index contributed by atoms with van der Waals surface area (Å²) in [7, 11) is 0. The predicted molar refractivity (Wildman–Crippen MR) is 95.2 cm³/mol. The van der Waals surface area contributed by atoms with E-state index in [2.05, 4.69) is 4.90 Å². The molecule has 0 saturated carbocycles. The molecule has 0 radical (unpaired) electrons. The Morgan fingerprint density at radius 2 is 1.75 bits per heavy atom. The Kier molecular flexibility index (Phi) is 6.31. The largest absolute Gasteiger partial charge is 0.494 e. The SMILES string of the molecule is CC(C)(C)OC(=O)N1CCN(CCCOc2ccc(N)cc2)CC1. The number of benzene rings is 1. The standard InChI is InChI=1S/C18H29N3O3/c1-18(2,3)24-17(22)21-12-10-20(11-13-21)9-4-14-23-16-7-5-15(19)6-8-16/h5-8H,4,9-14,19H2,1-3H3. The van der Waals surface area contributed by atoms with E-state index in [9.17, 15) is 4.79 Å². The van der Waals surface area contributed by atoms with E-state index in [1.165, 1.54) is 0 Å². The first-order valence-electron chi connectivity index (χ1n) is 8.52. The van der Waals surface area contributed by atoms with Gasteiger partial charge in [-0.05, 0) is 51.5 Å². The number of rotatable bonds is 5. The first-order chi connectivity index (χ1) is 11.3. The van der Waals surface area contributed by atoms with Crippen molar-refractivity contribution in [1.29, 1.82) is 0 Å². The minimum atomic E-state index is -0.437. The third kappa shape index (κ3) is 6.28. The summed E-state index contributed by atoms with van der Waals surface area (Å²) in [5.74, 6) is 0.846. The molecule has 134 valence electrons. The topological polar surface area (TPSA) is 68.0 Å². The normalized spacial score (nSPS) is 16.0. The minimum absolute atomic E-state index is 0.214. The number of nitrogen functional groups attached to an aromatic ring is 1. The highest BCUT2D eigenvalue weighted by Gasteiger charge is 2.25. The molecule has 2 N–H and O–H groups in total. The maximum atomic E-state index is 12.0. The zero-order chi connectivity index (χ0) is 17.6. The molecule has 24 heavy (non-hydrogen) atoms. The van der Waals surface area contributed by atoms with Gasteiger partial charge >= 0.3 is 6.09 Å². The van der Waals surface area contributed by atoms with Gasteiger partial charge in [0.1, 0.15) is 11.4 Å². The van der Waals surface area contributed by atoms with Gasteiger partial charge in [0.25, 0.3) is 0 Å². The number of carbonyl (C=O) groups is 1. The van der Waals surface area contributed by atoms with Crippen molar-refractivity contribution >= 4 is 11.8 Å². The van der Waals surface area contributed by atoms with Crippen molar-refractivity contribution < 1.29 is 14.3 Å².